The Hall–Kier alpha value is -2.12. The fraction of sp³-hybridized carbons (Fsp3) is 0.0909. The first-order valence-electron chi connectivity index (χ1n) is 5.22. The maximum Gasteiger partial charge on any atom is 0.321 e. The molecule has 0 aliphatic rings. The second-order valence-electron chi connectivity index (χ2n) is 3.43. The minimum absolute atomic E-state index is 0.335. The lowest BCUT2D eigenvalue weighted by Gasteiger charge is -2.05. The zero-order valence-corrected chi connectivity index (χ0v) is 10.2. The summed E-state index contributed by atoms with van der Waals surface area (Å²) >= 11 is 1.14. The lowest BCUT2D eigenvalue weighted by Crippen LogP contribution is -2.28. The number of rotatable bonds is 4. The molecular formula is C11H12N4O2S. The normalized spacial score (nSPS) is 9.83. The summed E-state index contributed by atoms with van der Waals surface area (Å²) in [5.74, 6) is 0. The van der Waals surface area contributed by atoms with Gasteiger partial charge in [-0.25, -0.2) is 9.78 Å². The van der Waals surface area contributed by atoms with Crippen LogP contribution in [-0.4, -0.2) is 16.2 Å². The number of hydrogen-bond donors (Lipinski definition) is 4. The molecule has 0 aliphatic carbocycles. The van der Waals surface area contributed by atoms with Gasteiger partial charge in [0.2, 0.25) is 0 Å². The van der Waals surface area contributed by atoms with Gasteiger partial charge in [-0.1, -0.05) is 41.7 Å². The summed E-state index contributed by atoms with van der Waals surface area (Å²) in [6, 6.07) is 9.26. The molecule has 2 rings (SSSR count). The van der Waals surface area contributed by atoms with Crippen molar-refractivity contribution in [1.29, 1.82) is 0 Å². The van der Waals surface area contributed by atoms with Crippen molar-refractivity contribution in [2.75, 3.05) is 10.8 Å². The van der Waals surface area contributed by atoms with Gasteiger partial charge in [-0.15, -0.1) is 0 Å². The highest BCUT2D eigenvalue weighted by atomic mass is 32.1. The molecule has 1 aromatic carbocycles. The maximum absolute atomic E-state index is 11.5. The van der Waals surface area contributed by atoms with E-state index in [1.54, 1.807) is 0 Å². The van der Waals surface area contributed by atoms with Crippen LogP contribution in [0.3, 0.4) is 0 Å². The van der Waals surface area contributed by atoms with E-state index in [4.69, 9.17) is 5.21 Å². The molecule has 0 saturated carbocycles. The van der Waals surface area contributed by atoms with Gasteiger partial charge in [0, 0.05) is 6.54 Å². The summed E-state index contributed by atoms with van der Waals surface area (Å²) in [5, 5.41) is 14.8. The summed E-state index contributed by atoms with van der Waals surface area (Å²) in [6.45, 7) is 0.448. The molecular weight excluding hydrogens is 252 g/mol. The average Bonchev–Trinajstić information content (AvgIpc) is 2.85. The van der Waals surface area contributed by atoms with Crippen LogP contribution in [-0.2, 0) is 6.54 Å². The van der Waals surface area contributed by atoms with E-state index in [0.29, 0.717) is 16.7 Å². The summed E-state index contributed by atoms with van der Waals surface area (Å²) < 4.78 is 0. The van der Waals surface area contributed by atoms with E-state index in [1.165, 1.54) is 6.20 Å². The summed E-state index contributed by atoms with van der Waals surface area (Å²) in [4.78, 5) is 15.5. The minimum atomic E-state index is -0.335. The number of thiazole rings is 1. The Morgan fingerprint density at radius 1 is 1.33 bits per heavy atom. The van der Waals surface area contributed by atoms with Crippen LogP contribution in [0.15, 0.2) is 36.5 Å². The first-order chi connectivity index (χ1) is 8.78. The third-order valence-corrected chi connectivity index (χ3v) is 2.95. The number of nitrogens with one attached hydrogen (secondary N) is 3. The van der Waals surface area contributed by atoms with Gasteiger partial charge in [-0.05, 0) is 5.56 Å². The highest BCUT2D eigenvalue weighted by Gasteiger charge is 2.05. The van der Waals surface area contributed by atoms with Crippen LogP contribution in [0.5, 0.6) is 0 Å². The fourth-order valence-corrected chi connectivity index (χ4v) is 1.91. The number of urea groups is 1. The van der Waals surface area contributed by atoms with Crippen molar-refractivity contribution in [3.8, 4) is 0 Å². The molecule has 0 unspecified atom stereocenters. The molecule has 0 radical (unpaired) electrons. The number of nitrogens with zero attached hydrogens (tertiary/aromatic N) is 1. The second-order valence-corrected chi connectivity index (χ2v) is 4.47. The number of carbonyl (C=O) groups is 1. The zero-order chi connectivity index (χ0) is 12.8. The van der Waals surface area contributed by atoms with Crippen LogP contribution >= 0.6 is 11.3 Å². The van der Waals surface area contributed by atoms with Crippen molar-refractivity contribution < 1.29 is 10.0 Å². The van der Waals surface area contributed by atoms with Crippen molar-refractivity contribution in [2.45, 2.75) is 6.54 Å². The molecule has 6 nitrogen and oxygen atoms in total. The molecule has 0 fully saturated rings. The highest BCUT2D eigenvalue weighted by molar-refractivity contribution is 7.19. The Morgan fingerprint density at radius 3 is 2.78 bits per heavy atom. The van der Waals surface area contributed by atoms with Crippen molar-refractivity contribution >= 4 is 27.5 Å². The quantitative estimate of drug-likeness (QED) is 0.638. The smallest absolute Gasteiger partial charge is 0.321 e. The maximum atomic E-state index is 11.5. The first kappa shape index (κ1) is 12.3. The number of benzene rings is 1. The predicted molar refractivity (Wildman–Crippen MR) is 69.8 cm³/mol. The van der Waals surface area contributed by atoms with E-state index in [1.807, 2.05) is 35.8 Å². The summed E-state index contributed by atoms with van der Waals surface area (Å²) in [6.07, 6.45) is 1.43. The average molecular weight is 264 g/mol. The van der Waals surface area contributed by atoms with Crippen molar-refractivity contribution in [3.63, 3.8) is 0 Å². The van der Waals surface area contributed by atoms with E-state index in [9.17, 15) is 4.79 Å². The Labute approximate surface area is 108 Å². The zero-order valence-electron chi connectivity index (χ0n) is 9.38. The molecule has 94 valence electrons. The van der Waals surface area contributed by atoms with Gasteiger partial charge >= 0.3 is 6.03 Å². The summed E-state index contributed by atoms with van der Waals surface area (Å²) in [7, 11) is 0. The third-order valence-electron chi connectivity index (χ3n) is 2.13. The molecule has 0 atom stereocenters. The lowest BCUT2D eigenvalue weighted by atomic mass is 10.2. The van der Waals surface area contributed by atoms with Crippen molar-refractivity contribution in [3.05, 3.63) is 42.1 Å². The van der Waals surface area contributed by atoms with Crippen LogP contribution < -0.4 is 16.1 Å². The molecule has 4 N–H and O–H groups in total. The first-order valence-corrected chi connectivity index (χ1v) is 6.04. The Bertz CT molecular complexity index is 515. The molecule has 1 heterocycles. The molecule has 2 aromatic rings. The topological polar surface area (TPSA) is 86.3 Å². The van der Waals surface area contributed by atoms with Crippen LogP contribution in [0, 0.1) is 0 Å². The molecule has 2 amide bonds. The fourth-order valence-electron chi connectivity index (χ4n) is 1.30. The SMILES string of the molecule is O=C(NCc1ccccc1)Nc1ncc(NO)s1. The van der Waals surface area contributed by atoms with Gasteiger partial charge in [0.1, 0.15) is 5.00 Å². The van der Waals surface area contributed by atoms with Crippen molar-refractivity contribution in [1.82, 2.24) is 10.3 Å². The molecule has 0 spiro atoms. The van der Waals surface area contributed by atoms with E-state index >= 15 is 0 Å². The number of hydrogen-bond acceptors (Lipinski definition) is 5. The van der Waals surface area contributed by atoms with Gasteiger partial charge in [0.05, 0.1) is 6.20 Å². The predicted octanol–water partition coefficient (Wildman–Crippen LogP) is 2.27. The number of amides is 2. The molecule has 0 aliphatic heterocycles. The number of aromatic nitrogens is 1. The molecule has 1 aromatic heterocycles. The standard InChI is InChI=1S/C11H12N4O2S/c16-10(12-6-8-4-2-1-3-5-8)14-11-13-7-9(15-17)18-11/h1-5,7,15,17H,6H2,(H2,12,13,14,16). The molecule has 7 heteroatoms. The minimum Gasteiger partial charge on any atom is -0.334 e. The Balaban J connectivity index is 1.82. The summed E-state index contributed by atoms with van der Waals surface area (Å²) in [5.41, 5.74) is 2.98. The molecule has 0 saturated heterocycles. The largest absolute Gasteiger partial charge is 0.334 e. The Kier molecular flexibility index (Phi) is 4.11. The monoisotopic (exact) mass is 264 g/mol. The van der Waals surface area contributed by atoms with Crippen LogP contribution in [0.1, 0.15) is 5.56 Å². The van der Waals surface area contributed by atoms with E-state index in [-0.39, 0.29) is 6.03 Å². The molecule has 0 bridgehead atoms. The number of anilines is 2. The van der Waals surface area contributed by atoms with E-state index in [2.05, 4.69) is 15.6 Å². The van der Waals surface area contributed by atoms with Gasteiger partial charge in [0.25, 0.3) is 0 Å². The Morgan fingerprint density at radius 2 is 2.11 bits per heavy atom. The number of carbonyl (C=O) groups excluding carboxylic acids is 1. The third kappa shape index (κ3) is 3.44. The van der Waals surface area contributed by atoms with E-state index < -0.39 is 0 Å². The second kappa shape index (κ2) is 5.99. The van der Waals surface area contributed by atoms with Gasteiger partial charge < -0.3 is 5.32 Å². The van der Waals surface area contributed by atoms with Crippen LogP contribution in [0.2, 0.25) is 0 Å². The van der Waals surface area contributed by atoms with Crippen molar-refractivity contribution in [2.24, 2.45) is 0 Å². The lowest BCUT2D eigenvalue weighted by molar-refractivity contribution is 0.251. The molecule has 18 heavy (non-hydrogen) atoms. The van der Waals surface area contributed by atoms with Gasteiger partial charge in [0.15, 0.2) is 5.13 Å². The van der Waals surface area contributed by atoms with E-state index in [0.717, 1.165) is 16.9 Å². The van der Waals surface area contributed by atoms with Crippen LogP contribution in [0.4, 0.5) is 14.9 Å². The highest BCUT2D eigenvalue weighted by Crippen LogP contribution is 2.21. The van der Waals surface area contributed by atoms with Crippen LogP contribution in [0.25, 0.3) is 0 Å². The van der Waals surface area contributed by atoms with Gasteiger partial charge in [-0.3, -0.25) is 16.0 Å². The van der Waals surface area contributed by atoms with Gasteiger partial charge in [-0.2, -0.15) is 0 Å².